The number of fused-ring (bicyclic) bond motifs is 1. The Morgan fingerprint density at radius 2 is 1.80 bits per heavy atom. The van der Waals surface area contributed by atoms with Crippen LogP contribution in [0, 0.1) is 5.92 Å². The number of carbonyl (C=O) groups is 3. The molecule has 3 heterocycles. The molecule has 2 atom stereocenters. The van der Waals surface area contributed by atoms with Gasteiger partial charge in [-0.05, 0) is 23.3 Å². The average Bonchev–Trinajstić information content (AvgIpc) is 3.15. The predicted octanol–water partition coefficient (Wildman–Crippen LogP) is 1.56. The molecule has 1 N–H and O–H groups in total. The van der Waals surface area contributed by atoms with Gasteiger partial charge < -0.3 is 15.1 Å². The number of rotatable bonds is 5. The molecule has 1 aromatic heterocycles. The molecule has 0 spiro atoms. The number of carbonyl (C=O) groups excluding carboxylic acids is 3. The molecule has 30 heavy (non-hydrogen) atoms. The number of aromatic nitrogens is 1. The molecule has 2 aliphatic rings. The summed E-state index contributed by atoms with van der Waals surface area (Å²) >= 11 is 0. The molecule has 2 unspecified atom stereocenters. The van der Waals surface area contributed by atoms with E-state index in [1.54, 1.807) is 25.5 Å². The SMILES string of the molecule is CN1C(=O)C2C=C(C(=O)NCc3cccnc3)N(Cc3ccccc3)C2N(C)C1=O. The maximum atomic E-state index is 13.1. The summed E-state index contributed by atoms with van der Waals surface area (Å²) in [4.78, 5) is 46.9. The quantitative estimate of drug-likeness (QED) is 0.816. The summed E-state index contributed by atoms with van der Waals surface area (Å²) in [5.41, 5.74) is 2.25. The van der Waals surface area contributed by atoms with Crippen molar-refractivity contribution < 1.29 is 14.4 Å². The molecule has 1 fully saturated rings. The number of hydrogen-bond acceptors (Lipinski definition) is 5. The topological polar surface area (TPSA) is 85.8 Å². The first-order valence-electron chi connectivity index (χ1n) is 9.71. The molecule has 4 rings (SSSR count). The molecule has 1 aromatic carbocycles. The minimum absolute atomic E-state index is 0.291. The van der Waals surface area contributed by atoms with E-state index in [2.05, 4.69) is 10.3 Å². The summed E-state index contributed by atoms with van der Waals surface area (Å²) < 4.78 is 0. The Bertz CT molecular complexity index is 992. The van der Waals surface area contributed by atoms with Gasteiger partial charge in [0.25, 0.3) is 5.91 Å². The summed E-state index contributed by atoms with van der Waals surface area (Å²) in [6, 6.07) is 13.0. The van der Waals surface area contributed by atoms with Crippen molar-refractivity contribution >= 4 is 17.8 Å². The number of nitrogens with one attached hydrogen (secondary N) is 1. The zero-order valence-electron chi connectivity index (χ0n) is 16.9. The van der Waals surface area contributed by atoms with Crippen LogP contribution in [0.15, 0.2) is 66.6 Å². The van der Waals surface area contributed by atoms with E-state index in [0.717, 1.165) is 16.0 Å². The van der Waals surface area contributed by atoms with Crippen molar-refractivity contribution in [1.82, 2.24) is 25.0 Å². The van der Waals surface area contributed by atoms with Gasteiger partial charge in [0.05, 0.1) is 5.92 Å². The van der Waals surface area contributed by atoms with E-state index in [0.29, 0.717) is 18.8 Å². The minimum Gasteiger partial charge on any atom is -0.347 e. The highest BCUT2D eigenvalue weighted by Gasteiger charge is 2.50. The molecule has 0 radical (unpaired) electrons. The second-order valence-electron chi connectivity index (χ2n) is 7.44. The van der Waals surface area contributed by atoms with E-state index in [9.17, 15) is 14.4 Å². The Labute approximate surface area is 174 Å². The monoisotopic (exact) mass is 405 g/mol. The molecule has 0 aliphatic carbocycles. The van der Waals surface area contributed by atoms with Crippen molar-refractivity contribution in [1.29, 1.82) is 0 Å². The molecule has 154 valence electrons. The van der Waals surface area contributed by atoms with Gasteiger partial charge in [-0.15, -0.1) is 0 Å². The molecule has 8 nitrogen and oxygen atoms in total. The molecule has 2 aliphatic heterocycles. The number of hydrogen-bond donors (Lipinski definition) is 1. The molecule has 8 heteroatoms. The lowest BCUT2D eigenvalue weighted by Gasteiger charge is -2.43. The normalized spacial score (nSPS) is 20.9. The highest BCUT2D eigenvalue weighted by molar-refractivity contribution is 6.02. The second-order valence-corrected chi connectivity index (χ2v) is 7.44. The van der Waals surface area contributed by atoms with E-state index in [4.69, 9.17) is 0 Å². The molecule has 2 aromatic rings. The van der Waals surface area contributed by atoms with Crippen LogP contribution in [0.4, 0.5) is 4.79 Å². The second kappa shape index (κ2) is 7.98. The third-order valence-electron chi connectivity index (χ3n) is 5.49. The third kappa shape index (κ3) is 3.52. The van der Waals surface area contributed by atoms with Gasteiger partial charge in [-0.3, -0.25) is 19.5 Å². The van der Waals surface area contributed by atoms with Gasteiger partial charge in [0.2, 0.25) is 5.91 Å². The van der Waals surface area contributed by atoms with Gasteiger partial charge in [0.1, 0.15) is 11.9 Å². The van der Waals surface area contributed by atoms with Crippen molar-refractivity contribution in [3.05, 3.63) is 77.8 Å². The number of amides is 4. The van der Waals surface area contributed by atoms with Crippen LogP contribution in [0.2, 0.25) is 0 Å². The van der Waals surface area contributed by atoms with Crippen molar-refractivity contribution in [3.8, 4) is 0 Å². The van der Waals surface area contributed by atoms with E-state index < -0.39 is 12.1 Å². The fourth-order valence-electron chi connectivity index (χ4n) is 3.95. The lowest BCUT2D eigenvalue weighted by molar-refractivity contribution is -0.137. The number of urea groups is 1. The number of nitrogens with zero attached hydrogens (tertiary/aromatic N) is 4. The summed E-state index contributed by atoms with van der Waals surface area (Å²) in [6.07, 6.45) is 4.50. The Morgan fingerprint density at radius 3 is 2.50 bits per heavy atom. The van der Waals surface area contributed by atoms with Crippen LogP contribution in [0.1, 0.15) is 11.1 Å². The van der Waals surface area contributed by atoms with Gasteiger partial charge >= 0.3 is 6.03 Å². The Balaban J connectivity index is 1.62. The first-order valence-corrected chi connectivity index (χ1v) is 9.71. The van der Waals surface area contributed by atoms with Crippen molar-refractivity contribution in [2.45, 2.75) is 19.3 Å². The van der Waals surface area contributed by atoms with Crippen molar-refractivity contribution in [2.75, 3.05) is 14.1 Å². The smallest absolute Gasteiger partial charge is 0.327 e. The Kier molecular flexibility index (Phi) is 5.22. The van der Waals surface area contributed by atoms with Crippen LogP contribution in [0.3, 0.4) is 0 Å². The van der Waals surface area contributed by atoms with Gasteiger partial charge in [0.15, 0.2) is 0 Å². The maximum absolute atomic E-state index is 13.1. The fourth-order valence-corrected chi connectivity index (χ4v) is 3.95. The molecule has 0 saturated carbocycles. The minimum atomic E-state index is -0.597. The molecule has 1 saturated heterocycles. The maximum Gasteiger partial charge on any atom is 0.327 e. The highest BCUT2D eigenvalue weighted by Crippen LogP contribution is 2.35. The number of pyridine rings is 1. The van der Waals surface area contributed by atoms with Gasteiger partial charge in [-0.25, -0.2) is 4.79 Å². The predicted molar refractivity (Wildman–Crippen MR) is 109 cm³/mol. The van der Waals surface area contributed by atoms with Crippen LogP contribution in [0.25, 0.3) is 0 Å². The highest BCUT2D eigenvalue weighted by atomic mass is 16.2. The Morgan fingerprint density at radius 1 is 1.07 bits per heavy atom. The lowest BCUT2D eigenvalue weighted by atomic mass is 10.0. The van der Waals surface area contributed by atoms with Crippen LogP contribution >= 0.6 is 0 Å². The molecular weight excluding hydrogens is 382 g/mol. The largest absolute Gasteiger partial charge is 0.347 e. The van der Waals surface area contributed by atoms with E-state index in [1.807, 2.05) is 47.4 Å². The first kappa shape index (κ1) is 19.6. The van der Waals surface area contributed by atoms with E-state index >= 15 is 0 Å². The van der Waals surface area contributed by atoms with Crippen molar-refractivity contribution in [2.24, 2.45) is 5.92 Å². The molecular formula is C22H23N5O3. The standard InChI is InChI=1S/C22H23N5O3/c1-25-20-17(21(29)26(2)22(25)30)11-18(27(20)14-15-7-4-3-5-8-15)19(28)24-13-16-9-6-10-23-12-16/h3-12,17,20H,13-14H2,1-2H3,(H,24,28). The average molecular weight is 405 g/mol. The van der Waals surface area contributed by atoms with Gasteiger partial charge in [-0.2, -0.15) is 0 Å². The fraction of sp³-hybridized carbons (Fsp3) is 0.273. The first-order chi connectivity index (χ1) is 14.5. The zero-order valence-corrected chi connectivity index (χ0v) is 16.9. The van der Waals surface area contributed by atoms with Crippen LogP contribution in [-0.4, -0.2) is 57.8 Å². The summed E-state index contributed by atoms with van der Waals surface area (Å²) in [5, 5.41) is 2.90. The lowest BCUT2D eigenvalue weighted by Crippen LogP contribution is -2.61. The van der Waals surface area contributed by atoms with Crippen LogP contribution in [-0.2, 0) is 22.7 Å². The van der Waals surface area contributed by atoms with Gasteiger partial charge in [-0.1, -0.05) is 36.4 Å². The number of imide groups is 1. The van der Waals surface area contributed by atoms with Gasteiger partial charge in [0, 0.05) is 39.6 Å². The van der Waals surface area contributed by atoms with Crippen LogP contribution in [0.5, 0.6) is 0 Å². The summed E-state index contributed by atoms with van der Waals surface area (Å²) in [5.74, 6) is -1.20. The van der Waals surface area contributed by atoms with E-state index in [-0.39, 0.29) is 17.8 Å². The summed E-state index contributed by atoms with van der Waals surface area (Å²) in [7, 11) is 3.12. The number of benzene rings is 1. The third-order valence-corrected chi connectivity index (χ3v) is 5.49. The molecule has 4 amide bonds. The molecule has 0 bridgehead atoms. The Hall–Kier alpha value is -3.68. The van der Waals surface area contributed by atoms with E-state index in [1.165, 1.54) is 11.9 Å². The van der Waals surface area contributed by atoms with Crippen molar-refractivity contribution in [3.63, 3.8) is 0 Å². The van der Waals surface area contributed by atoms with Crippen LogP contribution < -0.4 is 5.32 Å². The zero-order chi connectivity index (χ0) is 21.3. The summed E-state index contributed by atoms with van der Waals surface area (Å²) in [6.45, 7) is 0.726.